The zero-order valence-electron chi connectivity index (χ0n) is 12.9. The van der Waals surface area contributed by atoms with Gasteiger partial charge in [-0.05, 0) is 44.1 Å². The lowest BCUT2D eigenvalue weighted by Gasteiger charge is -2.30. The number of hydrogen-bond donors (Lipinski definition) is 1. The summed E-state index contributed by atoms with van der Waals surface area (Å²) in [6.45, 7) is 3.79. The van der Waals surface area contributed by atoms with Gasteiger partial charge in [-0.3, -0.25) is 4.79 Å². The molecule has 1 aromatic carbocycles. The number of hydrogen-bond acceptors (Lipinski definition) is 2. The molecule has 0 spiro atoms. The summed E-state index contributed by atoms with van der Waals surface area (Å²) in [7, 11) is 0. The Morgan fingerprint density at radius 3 is 2.57 bits per heavy atom. The van der Waals surface area contributed by atoms with Crippen molar-refractivity contribution in [3.05, 3.63) is 35.9 Å². The van der Waals surface area contributed by atoms with Gasteiger partial charge in [-0.25, -0.2) is 0 Å². The molecule has 0 aromatic heterocycles. The van der Waals surface area contributed by atoms with E-state index in [1.807, 2.05) is 6.07 Å². The van der Waals surface area contributed by atoms with Crippen LogP contribution in [0.5, 0.6) is 0 Å². The number of nitrogens with zero attached hydrogens (tertiary/aromatic N) is 1. The van der Waals surface area contributed by atoms with E-state index in [0.29, 0.717) is 30.3 Å². The summed E-state index contributed by atoms with van der Waals surface area (Å²) in [6.07, 6.45) is 5.74. The van der Waals surface area contributed by atoms with Crippen LogP contribution >= 0.6 is 0 Å². The minimum absolute atomic E-state index is 0.298. The van der Waals surface area contributed by atoms with Crippen LogP contribution in [0.2, 0.25) is 0 Å². The van der Waals surface area contributed by atoms with E-state index < -0.39 is 0 Å². The fourth-order valence-electron chi connectivity index (χ4n) is 2.89. The first kappa shape index (κ1) is 14.6. The number of carbonyl (C=O) groups excluding carboxylic acids is 1. The highest BCUT2D eigenvalue weighted by Gasteiger charge is 2.34. The number of amides is 1. The normalized spacial score (nSPS) is 19.3. The summed E-state index contributed by atoms with van der Waals surface area (Å²) in [6, 6.07) is 11.4. The summed E-state index contributed by atoms with van der Waals surface area (Å²) >= 11 is 0. The first-order valence-electron chi connectivity index (χ1n) is 8.31. The maximum Gasteiger partial charge on any atom is 0.224 e. The Kier molecular flexibility index (Phi) is 4.59. The van der Waals surface area contributed by atoms with Crippen molar-refractivity contribution in [2.75, 3.05) is 6.54 Å². The van der Waals surface area contributed by atoms with Gasteiger partial charge >= 0.3 is 0 Å². The van der Waals surface area contributed by atoms with Gasteiger partial charge in [0, 0.05) is 31.6 Å². The van der Waals surface area contributed by atoms with Gasteiger partial charge in [0.05, 0.1) is 0 Å². The van der Waals surface area contributed by atoms with Crippen LogP contribution in [0.15, 0.2) is 30.3 Å². The smallest absolute Gasteiger partial charge is 0.224 e. The molecule has 0 heterocycles. The van der Waals surface area contributed by atoms with Crippen molar-refractivity contribution in [2.24, 2.45) is 5.92 Å². The Hall–Kier alpha value is -1.35. The first-order chi connectivity index (χ1) is 10.2. The third-order valence-electron chi connectivity index (χ3n) is 4.66. The Morgan fingerprint density at radius 1 is 1.24 bits per heavy atom. The Morgan fingerprint density at radius 2 is 1.95 bits per heavy atom. The van der Waals surface area contributed by atoms with Crippen molar-refractivity contribution in [3.8, 4) is 0 Å². The van der Waals surface area contributed by atoms with E-state index in [-0.39, 0.29) is 0 Å². The maximum absolute atomic E-state index is 12.6. The maximum atomic E-state index is 12.6. The third-order valence-corrected chi connectivity index (χ3v) is 4.66. The lowest BCUT2D eigenvalue weighted by atomic mass is 10.1. The first-order valence-corrected chi connectivity index (χ1v) is 8.31. The van der Waals surface area contributed by atoms with Gasteiger partial charge in [0.15, 0.2) is 0 Å². The van der Waals surface area contributed by atoms with Crippen molar-refractivity contribution in [1.29, 1.82) is 0 Å². The fourth-order valence-corrected chi connectivity index (χ4v) is 2.89. The summed E-state index contributed by atoms with van der Waals surface area (Å²) < 4.78 is 0. The van der Waals surface area contributed by atoms with E-state index in [4.69, 9.17) is 0 Å². The second-order valence-electron chi connectivity index (χ2n) is 6.56. The highest BCUT2D eigenvalue weighted by atomic mass is 16.2. The van der Waals surface area contributed by atoms with E-state index in [0.717, 1.165) is 13.1 Å². The van der Waals surface area contributed by atoms with Gasteiger partial charge < -0.3 is 10.2 Å². The minimum atomic E-state index is 0.298. The van der Waals surface area contributed by atoms with E-state index >= 15 is 0 Å². The van der Waals surface area contributed by atoms with Crippen molar-refractivity contribution in [2.45, 2.75) is 57.7 Å². The van der Waals surface area contributed by atoms with Gasteiger partial charge in [-0.15, -0.1) is 0 Å². The zero-order valence-corrected chi connectivity index (χ0v) is 12.9. The molecule has 2 aliphatic carbocycles. The lowest BCUT2D eigenvalue weighted by Crippen LogP contribution is -2.40. The second kappa shape index (κ2) is 6.61. The molecule has 3 heteroatoms. The molecule has 3 nitrogen and oxygen atoms in total. The minimum Gasteiger partial charge on any atom is -0.335 e. The van der Waals surface area contributed by atoms with Gasteiger partial charge in [-0.2, -0.15) is 0 Å². The van der Waals surface area contributed by atoms with Crippen LogP contribution < -0.4 is 5.32 Å². The Balaban J connectivity index is 1.58. The van der Waals surface area contributed by atoms with Crippen molar-refractivity contribution < 1.29 is 4.79 Å². The molecule has 3 rings (SSSR count). The highest BCUT2D eigenvalue weighted by Crippen LogP contribution is 2.35. The molecule has 0 bridgehead atoms. The molecule has 0 radical (unpaired) electrons. The average molecular weight is 286 g/mol. The van der Waals surface area contributed by atoms with E-state index in [1.54, 1.807) is 0 Å². The van der Waals surface area contributed by atoms with Crippen LogP contribution in [0.1, 0.15) is 44.6 Å². The van der Waals surface area contributed by atoms with Crippen molar-refractivity contribution >= 4 is 5.91 Å². The number of rotatable bonds is 8. The van der Waals surface area contributed by atoms with Gasteiger partial charge in [0.2, 0.25) is 5.91 Å². The molecular formula is C18H26N2O. The molecule has 0 saturated heterocycles. The summed E-state index contributed by atoms with van der Waals surface area (Å²) in [5.41, 5.74) is 1.23. The quantitative estimate of drug-likeness (QED) is 0.797. The highest BCUT2D eigenvalue weighted by molar-refractivity contribution is 5.76. The summed E-state index contributed by atoms with van der Waals surface area (Å²) in [5.74, 6) is 1.01. The van der Waals surface area contributed by atoms with Crippen LogP contribution in [0, 0.1) is 5.92 Å². The molecule has 2 aliphatic rings. The van der Waals surface area contributed by atoms with Crippen LogP contribution in [-0.4, -0.2) is 29.4 Å². The molecule has 2 fully saturated rings. The number of nitrogens with one attached hydrogen (secondary N) is 1. The Labute approximate surface area is 127 Å². The molecule has 0 aliphatic heterocycles. The SMILES string of the molecule is CC(C1CC1)N(Cc1ccccc1)C(=O)CCNC1CC1. The van der Waals surface area contributed by atoms with Gasteiger partial charge in [0.1, 0.15) is 0 Å². The monoisotopic (exact) mass is 286 g/mol. The molecule has 21 heavy (non-hydrogen) atoms. The van der Waals surface area contributed by atoms with E-state index in [1.165, 1.54) is 31.2 Å². The molecular weight excluding hydrogens is 260 g/mol. The standard InChI is InChI=1S/C18H26N2O/c1-14(16-7-8-16)20(13-15-5-3-2-4-6-15)18(21)11-12-19-17-9-10-17/h2-6,14,16-17,19H,7-13H2,1H3. The lowest BCUT2D eigenvalue weighted by molar-refractivity contribution is -0.134. The molecule has 2 saturated carbocycles. The molecule has 1 atom stereocenters. The summed E-state index contributed by atoms with van der Waals surface area (Å²) in [5, 5.41) is 3.44. The molecule has 1 N–H and O–H groups in total. The molecule has 114 valence electrons. The average Bonchev–Trinajstić information content (AvgIpc) is 3.38. The largest absolute Gasteiger partial charge is 0.335 e. The van der Waals surface area contributed by atoms with Crippen LogP contribution in [-0.2, 0) is 11.3 Å². The number of carbonyl (C=O) groups is 1. The van der Waals surface area contributed by atoms with E-state index in [2.05, 4.69) is 41.4 Å². The van der Waals surface area contributed by atoms with Crippen molar-refractivity contribution in [3.63, 3.8) is 0 Å². The molecule has 1 amide bonds. The predicted molar refractivity (Wildman–Crippen MR) is 84.8 cm³/mol. The second-order valence-corrected chi connectivity index (χ2v) is 6.56. The topological polar surface area (TPSA) is 32.3 Å². The van der Waals surface area contributed by atoms with Crippen molar-refractivity contribution in [1.82, 2.24) is 10.2 Å². The molecule has 1 unspecified atom stereocenters. The third kappa shape index (κ3) is 4.31. The zero-order chi connectivity index (χ0) is 14.7. The van der Waals surface area contributed by atoms with Gasteiger partial charge in [-0.1, -0.05) is 30.3 Å². The number of benzene rings is 1. The van der Waals surface area contributed by atoms with Crippen LogP contribution in [0.25, 0.3) is 0 Å². The Bertz CT molecular complexity index is 465. The fraction of sp³-hybridized carbons (Fsp3) is 0.611. The predicted octanol–water partition coefficient (Wildman–Crippen LogP) is 2.96. The van der Waals surface area contributed by atoms with Gasteiger partial charge in [0.25, 0.3) is 0 Å². The van der Waals surface area contributed by atoms with E-state index in [9.17, 15) is 4.79 Å². The van der Waals surface area contributed by atoms with Crippen LogP contribution in [0.4, 0.5) is 0 Å². The van der Waals surface area contributed by atoms with Crippen LogP contribution in [0.3, 0.4) is 0 Å². The molecule has 1 aromatic rings. The summed E-state index contributed by atoms with van der Waals surface area (Å²) in [4.78, 5) is 14.7.